The summed E-state index contributed by atoms with van der Waals surface area (Å²) in [4.78, 5) is 22.6. The number of ether oxygens (including phenoxy) is 2. The highest BCUT2D eigenvalue weighted by atomic mass is 79.9. The molecule has 0 amide bonds. The summed E-state index contributed by atoms with van der Waals surface area (Å²) in [5, 5.41) is 2.12. The minimum Gasteiger partial charge on any atom is -0.380 e. The lowest BCUT2D eigenvalue weighted by Crippen LogP contribution is -2.66. The monoisotopic (exact) mass is 558 g/mol. The number of nitrogens with zero attached hydrogens (tertiary/aromatic N) is 6. The zero-order valence-electron chi connectivity index (χ0n) is 20.4. The Morgan fingerprint density at radius 2 is 1.27 bits per heavy atom. The number of rotatable bonds is 3. The predicted molar refractivity (Wildman–Crippen MR) is 148 cm³/mol. The maximum atomic E-state index is 5.28. The molecule has 0 radical (unpaired) electrons. The third-order valence-electron chi connectivity index (χ3n) is 7.66. The molecule has 2 aromatic heterocycles. The van der Waals surface area contributed by atoms with Crippen molar-refractivity contribution in [3.05, 3.63) is 65.4 Å². The Labute approximate surface area is 223 Å². The fraction of sp³-hybridized carbons (Fsp3) is 0.357. The van der Waals surface area contributed by atoms with Crippen LogP contribution in [0.2, 0.25) is 0 Å². The Morgan fingerprint density at radius 3 is 1.76 bits per heavy atom. The molecule has 0 aliphatic carbocycles. The third-order valence-corrected chi connectivity index (χ3v) is 8.15. The first-order valence-corrected chi connectivity index (χ1v) is 13.3. The average Bonchev–Trinajstić information content (AvgIpc) is 2.80. The molecule has 4 aliphatic rings. The van der Waals surface area contributed by atoms with Gasteiger partial charge in [-0.2, -0.15) is 0 Å². The number of aromatic nitrogens is 4. The van der Waals surface area contributed by atoms with Crippen LogP contribution in [0.1, 0.15) is 5.56 Å². The standard InChI is InChI=1S/C15H15N3O.C13H12BrN3O/c1-2-11-3-4-13-12(5-11)6-16-14(17-13)18-7-15(8-18)9-19-10-15;14-10-1-2-11-9(3-10)4-15-12(16-11)17-5-13(6-17)7-18-8-13/h2-6H,1,7-10H2;1-4H,5-8H2. The van der Waals surface area contributed by atoms with Crippen LogP contribution in [-0.2, 0) is 9.47 Å². The molecular formula is C28H27BrN6O2. The van der Waals surface area contributed by atoms with E-state index >= 15 is 0 Å². The number of hydrogen-bond donors (Lipinski definition) is 0. The minimum absolute atomic E-state index is 0.394. The third kappa shape index (κ3) is 4.15. The summed E-state index contributed by atoms with van der Waals surface area (Å²) in [5.74, 6) is 1.67. The van der Waals surface area contributed by atoms with Gasteiger partial charge in [0.15, 0.2) is 0 Å². The molecule has 4 saturated heterocycles. The van der Waals surface area contributed by atoms with Crippen LogP contribution in [0.15, 0.2) is 59.8 Å². The Hall–Kier alpha value is -3.14. The van der Waals surface area contributed by atoms with Crippen LogP contribution in [0, 0.1) is 10.8 Å². The summed E-state index contributed by atoms with van der Waals surface area (Å²) in [7, 11) is 0. The van der Waals surface area contributed by atoms with E-state index < -0.39 is 0 Å². The van der Waals surface area contributed by atoms with Crippen molar-refractivity contribution < 1.29 is 9.47 Å². The van der Waals surface area contributed by atoms with Crippen molar-refractivity contribution in [3.8, 4) is 0 Å². The average molecular weight is 559 g/mol. The van der Waals surface area contributed by atoms with Crippen molar-refractivity contribution in [2.45, 2.75) is 0 Å². The van der Waals surface area contributed by atoms with Gasteiger partial charge in [-0.1, -0.05) is 34.7 Å². The summed E-state index contributed by atoms with van der Waals surface area (Å²) in [6.45, 7) is 11.4. The second-order valence-corrected chi connectivity index (χ2v) is 11.7. The Morgan fingerprint density at radius 1 is 0.757 bits per heavy atom. The van der Waals surface area contributed by atoms with Crippen molar-refractivity contribution in [1.82, 2.24) is 19.9 Å². The van der Waals surface area contributed by atoms with Crippen LogP contribution in [0.3, 0.4) is 0 Å². The highest BCUT2D eigenvalue weighted by molar-refractivity contribution is 9.10. The van der Waals surface area contributed by atoms with Crippen LogP contribution in [-0.4, -0.2) is 72.5 Å². The number of anilines is 2. The first-order valence-electron chi connectivity index (χ1n) is 12.5. The molecule has 2 aromatic carbocycles. The first-order chi connectivity index (χ1) is 18.0. The van der Waals surface area contributed by atoms with E-state index in [4.69, 9.17) is 9.47 Å². The van der Waals surface area contributed by atoms with Gasteiger partial charge in [0.2, 0.25) is 11.9 Å². The smallest absolute Gasteiger partial charge is 0.225 e. The molecule has 2 spiro atoms. The van der Waals surface area contributed by atoms with E-state index in [-0.39, 0.29) is 0 Å². The van der Waals surface area contributed by atoms with Gasteiger partial charge in [-0.3, -0.25) is 0 Å². The number of benzene rings is 2. The molecule has 0 unspecified atom stereocenters. The van der Waals surface area contributed by atoms with Crippen molar-refractivity contribution in [1.29, 1.82) is 0 Å². The Balaban J connectivity index is 0.000000125. The van der Waals surface area contributed by atoms with Gasteiger partial charge in [-0.25, -0.2) is 19.9 Å². The number of hydrogen-bond acceptors (Lipinski definition) is 8. The largest absolute Gasteiger partial charge is 0.380 e. The van der Waals surface area contributed by atoms with Crippen molar-refractivity contribution in [2.75, 3.05) is 62.4 Å². The van der Waals surface area contributed by atoms with E-state index in [0.29, 0.717) is 10.8 Å². The van der Waals surface area contributed by atoms with E-state index in [1.54, 1.807) is 0 Å². The summed E-state index contributed by atoms with van der Waals surface area (Å²) >= 11 is 3.46. The van der Waals surface area contributed by atoms with Gasteiger partial charge in [0.1, 0.15) is 0 Å². The number of halogens is 1. The molecule has 188 valence electrons. The van der Waals surface area contributed by atoms with Gasteiger partial charge >= 0.3 is 0 Å². The van der Waals surface area contributed by atoms with E-state index in [2.05, 4.69) is 58.3 Å². The van der Waals surface area contributed by atoms with Gasteiger partial charge < -0.3 is 19.3 Å². The van der Waals surface area contributed by atoms with E-state index in [1.807, 2.05) is 48.8 Å². The first kappa shape index (κ1) is 23.0. The van der Waals surface area contributed by atoms with E-state index in [0.717, 1.165) is 96.3 Å². The molecular weight excluding hydrogens is 532 g/mol. The Kier molecular flexibility index (Phi) is 5.42. The predicted octanol–water partition coefficient (Wildman–Crippen LogP) is 4.34. The topological polar surface area (TPSA) is 76.5 Å². The maximum absolute atomic E-state index is 5.28. The molecule has 6 heterocycles. The van der Waals surface area contributed by atoms with Gasteiger partial charge in [-0.05, 0) is 35.9 Å². The number of fused-ring (bicyclic) bond motifs is 2. The lowest BCUT2D eigenvalue weighted by atomic mass is 9.78. The summed E-state index contributed by atoms with van der Waals surface area (Å²) in [6, 6.07) is 12.2. The van der Waals surface area contributed by atoms with Crippen molar-refractivity contribution in [3.63, 3.8) is 0 Å². The maximum Gasteiger partial charge on any atom is 0.225 e. The highest BCUT2D eigenvalue weighted by Gasteiger charge is 2.50. The highest BCUT2D eigenvalue weighted by Crippen LogP contribution is 2.40. The Bertz CT molecular complexity index is 1500. The fourth-order valence-corrected chi connectivity index (χ4v) is 5.80. The van der Waals surface area contributed by atoms with Crippen LogP contribution < -0.4 is 9.80 Å². The molecule has 0 bridgehead atoms. The molecule has 8 rings (SSSR count). The van der Waals surface area contributed by atoms with E-state index in [1.165, 1.54) is 0 Å². The quantitative estimate of drug-likeness (QED) is 0.367. The van der Waals surface area contributed by atoms with Crippen LogP contribution in [0.25, 0.3) is 27.9 Å². The molecule has 4 aliphatic heterocycles. The molecule has 0 N–H and O–H groups in total. The lowest BCUT2D eigenvalue weighted by Gasteiger charge is -2.54. The zero-order chi connectivity index (χ0) is 25.0. The second-order valence-electron chi connectivity index (χ2n) is 10.8. The fourth-order valence-electron chi connectivity index (χ4n) is 5.42. The molecule has 0 saturated carbocycles. The lowest BCUT2D eigenvalue weighted by molar-refractivity contribution is -0.127. The molecule has 4 aromatic rings. The normalized spacial score (nSPS) is 20.5. The van der Waals surface area contributed by atoms with Gasteiger partial charge in [-0.15, -0.1) is 0 Å². The molecule has 9 heteroatoms. The molecule has 8 nitrogen and oxygen atoms in total. The van der Waals surface area contributed by atoms with Gasteiger partial charge in [0, 0.05) is 53.8 Å². The summed E-state index contributed by atoms with van der Waals surface area (Å²) in [5.41, 5.74) is 3.87. The van der Waals surface area contributed by atoms with Crippen LogP contribution >= 0.6 is 15.9 Å². The molecule has 4 fully saturated rings. The van der Waals surface area contributed by atoms with Crippen molar-refractivity contribution >= 4 is 55.7 Å². The van der Waals surface area contributed by atoms with Gasteiger partial charge in [0.25, 0.3) is 0 Å². The minimum atomic E-state index is 0.394. The zero-order valence-corrected chi connectivity index (χ0v) is 22.0. The summed E-state index contributed by atoms with van der Waals surface area (Å²) < 4.78 is 11.6. The van der Waals surface area contributed by atoms with Crippen molar-refractivity contribution in [2.24, 2.45) is 10.8 Å². The molecule has 37 heavy (non-hydrogen) atoms. The SMILES string of the molecule is Brc1ccc2nc(N3CC4(COC4)C3)ncc2c1.C=Cc1ccc2nc(N3CC4(COC4)C3)ncc2c1. The van der Waals surface area contributed by atoms with E-state index in [9.17, 15) is 0 Å². The van der Waals surface area contributed by atoms with Gasteiger partial charge in [0.05, 0.1) is 48.3 Å². The van der Waals surface area contributed by atoms with Crippen LogP contribution in [0.4, 0.5) is 11.9 Å². The van der Waals surface area contributed by atoms with Crippen LogP contribution in [0.5, 0.6) is 0 Å². The summed E-state index contributed by atoms with van der Waals surface area (Å²) in [6.07, 6.45) is 5.63. The molecule has 0 atom stereocenters. The second kappa shape index (κ2) is 8.72.